The van der Waals surface area contributed by atoms with Gasteiger partial charge in [-0.3, -0.25) is 4.79 Å². The summed E-state index contributed by atoms with van der Waals surface area (Å²) < 4.78 is 10.3. The van der Waals surface area contributed by atoms with E-state index in [1.54, 1.807) is 30.2 Å². The molecule has 19 heavy (non-hydrogen) atoms. The second-order valence-electron chi connectivity index (χ2n) is 3.86. The van der Waals surface area contributed by atoms with Crippen molar-refractivity contribution in [2.24, 2.45) is 0 Å². The summed E-state index contributed by atoms with van der Waals surface area (Å²) in [7, 11) is 3.06. The molecule has 0 aliphatic carbocycles. The largest absolute Gasteiger partial charge is 0.497 e. The fourth-order valence-electron chi connectivity index (χ4n) is 1.74. The maximum absolute atomic E-state index is 12.4. The summed E-state index contributed by atoms with van der Waals surface area (Å²) in [6.45, 7) is 2.83. The van der Waals surface area contributed by atoms with Gasteiger partial charge in [-0.2, -0.15) is 5.26 Å². The van der Waals surface area contributed by atoms with Gasteiger partial charge in [-0.05, 0) is 25.1 Å². The van der Waals surface area contributed by atoms with Gasteiger partial charge in [0.15, 0.2) is 0 Å². The highest BCUT2D eigenvalue weighted by Gasteiger charge is 2.19. The van der Waals surface area contributed by atoms with Crippen molar-refractivity contribution in [1.82, 2.24) is 4.90 Å². The number of carbonyl (C=O) groups is 1. The Balaban J connectivity index is 3.05. The number of hydrogen-bond donors (Lipinski definition) is 0. The Morgan fingerprint density at radius 3 is 2.63 bits per heavy atom. The molecule has 0 atom stereocenters. The van der Waals surface area contributed by atoms with Crippen LogP contribution in [0.1, 0.15) is 23.7 Å². The van der Waals surface area contributed by atoms with Crippen LogP contribution < -0.4 is 9.47 Å². The van der Waals surface area contributed by atoms with Crippen molar-refractivity contribution in [3.8, 4) is 17.6 Å². The SMILES string of the molecule is CCN(CCC#N)C(=O)c1cc(OC)ccc1OC. The number of rotatable bonds is 6. The van der Waals surface area contributed by atoms with Gasteiger partial charge in [0.25, 0.3) is 5.91 Å². The lowest BCUT2D eigenvalue weighted by Gasteiger charge is -2.21. The summed E-state index contributed by atoms with van der Waals surface area (Å²) in [5.41, 5.74) is 0.446. The fourth-order valence-corrected chi connectivity index (χ4v) is 1.74. The number of methoxy groups -OCH3 is 2. The second-order valence-corrected chi connectivity index (χ2v) is 3.86. The highest BCUT2D eigenvalue weighted by molar-refractivity contribution is 5.97. The van der Waals surface area contributed by atoms with Crippen LogP contribution >= 0.6 is 0 Å². The first-order chi connectivity index (χ1) is 9.17. The van der Waals surface area contributed by atoms with Crippen molar-refractivity contribution in [2.45, 2.75) is 13.3 Å². The van der Waals surface area contributed by atoms with E-state index in [2.05, 4.69) is 0 Å². The van der Waals surface area contributed by atoms with Gasteiger partial charge in [0.1, 0.15) is 11.5 Å². The van der Waals surface area contributed by atoms with E-state index in [-0.39, 0.29) is 5.91 Å². The molecule has 0 saturated heterocycles. The summed E-state index contributed by atoms with van der Waals surface area (Å²) >= 11 is 0. The molecule has 0 aliphatic rings. The van der Waals surface area contributed by atoms with Crippen molar-refractivity contribution in [2.75, 3.05) is 27.3 Å². The first kappa shape index (κ1) is 14.8. The van der Waals surface area contributed by atoms with Crippen molar-refractivity contribution in [3.05, 3.63) is 23.8 Å². The Hall–Kier alpha value is -2.22. The minimum absolute atomic E-state index is 0.159. The van der Waals surface area contributed by atoms with Gasteiger partial charge in [-0.1, -0.05) is 0 Å². The van der Waals surface area contributed by atoms with Gasteiger partial charge in [0.05, 0.1) is 32.3 Å². The smallest absolute Gasteiger partial charge is 0.257 e. The van der Waals surface area contributed by atoms with Crippen LogP contribution in [0.5, 0.6) is 11.5 Å². The molecular weight excluding hydrogens is 244 g/mol. The molecule has 0 aliphatic heterocycles. The zero-order valence-corrected chi connectivity index (χ0v) is 11.5. The van der Waals surface area contributed by atoms with Crippen LogP contribution in [0, 0.1) is 11.3 Å². The molecule has 0 spiro atoms. The van der Waals surface area contributed by atoms with Gasteiger partial charge in [0.2, 0.25) is 0 Å². The molecule has 0 saturated carbocycles. The molecule has 5 nitrogen and oxygen atoms in total. The summed E-state index contributed by atoms with van der Waals surface area (Å²) in [5.74, 6) is 0.940. The molecule has 1 aromatic rings. The monoisotopic (exact) mass is 262 g/mol. The van der Waals surface area contributed by atoms with Crippen LogP contribution in [0.4, 0.5) is 0 Å². The third-order valence-electron chi connectivity index (χ3n) is 2.80. The Morgan fingerprint density at radius 2 is 2.11 bits per heavy atom. The Bertz CT molecular complexity index is 480. The fraction of sp³-hybridized carbons (Fsp3) is 0.429. The van der Waals surface area contributed by atoms with Crippen LogP contribution in [0.2, 0.25) is 0 Å². The van der Waals surface area contributed by atoms with Gasteiger partial charge in [-0.25, -0.2) is 0 Å². The second kappa shape index (κ2) is 7.27. The lowest BCUT2D eigenvalue weighted by Crippen LogP contribution is -2.31. The maximum Gasteiger partial charge on any atom is 0.257 e. The van der Waals surface area contributed by atoms with Crippen LogP contribution in [0.3, 0.4) is 0 Å². The van der Waals surface area contributed by atoms with E-state index in [1.165, 1.54) is 7.11 Å². The molecule has 1 rings (SSSR count). The standard InChI is InChI=1S/C14H18N2O3/c1-4-16(9-5-8-15)14(17)12-10-11(18-2)6-7-13(12)19-3/h6-7,10H,4-5,9H2,1-3H3. The van der Waals surface area contributed by atoms with Crippen molar-refractivity contribution >= 4 is 5.91 Å². The third-order valence-corrected chi connectivity index (χ3v) is 2.80. The van der Waals surface area contributed by atoms with Gasteiger partial charge >= 0.3 is 0 Å². The lowest BCUT2D eigenvalue weighted by molar-refractivity contribution is 0.0764. The normalized spacial score (nSPS) is 9.58. The number of amides is 1. The van der Waals surface area contributed by atoms with Crippen molar-refractivity contribution in [1.29, 1.82) is 5.26 Å². The number of carbonyl (C=O) groups excluding carboxylic acids is 1. The molecule has 5 heteroatoms. The molecular formula is C14H18N2O3. The number of ether oxygens (including phenoxy) is 2. The van der Waals surface area contributed by atoms with E-state index >= 15 is 0 Å². The minimum atomic E-state index is -0.159. The van der Waals surface area contributed by atoms with Crippen LogP contribution in [0.15, 0.2) is 18.2 Å². The predicted octanol–water partition coefficient (Wildman–Crippen LogP) is 2.08. The maximum atomic E-state index is 12.4. The summed E-state index contributed by atoms with van der Waals surface area (Å²) in [6.07, 6.45) is 0.311. The van der Waals surface area contributed by atoms with Gasteiger partial charge in [-0.15, -0.1) is 0 Å². The predicted molar refractivity (Wildman–Crippen MR) is 71.4 cm³/mol. The zero-order chi connectivity index (χ0) is 14.3. The first-order valence-electron chi connectivity index (χ1n) is 6.06. The van der Waals surface area contributed by atoms with E-state index in [0.717, 1.165) is 0 Å². The first-order valence-corrected chi connectivity index (χ1v) is 6.06. The highest BCUT2D eigenvalue weighted by Crippen LogP contribution is 2.25. The average molecular weight is 262 g/mol. The van der Waals surface area contributed by atoms with E-state index in [9.17, 15) is 4.79 Å². The molecule has 0 unspecified atom stereocenters. The molecule has 0 fully saturated rings. The molecule has 0 heterocycles. The van der Waals surface area contributed by atoms with Crippen LogP contribution in [0.25, 0.3) is 0 Å². The van der Waals surface area contributed by atoms with Crippen LogP contribution in [-0.4, -0.2) is 38.1 Å². The third kappa shape index (κ3) is 3.62. The average Bonchev–Trinajstić information content (AvgIpc) is 2.47. The van der Waals surface area contributed by atoms with Gasteiger partial charge < -0.3 is 14.4 Å². The van der Waals surface area contributed by atoms with Crippen molar-refractivity contribution < 1.29 is 14.3 Å². The number of hydrogen-bond acceptors (Lipinski definition) is 4. The Labute approximate surface area is 113 Å². The number of nitrogens with zero attached hydrogens (tertiary/aromatic N) is 2. The van der Waals surface area contributed by atoms with Crippen molar-refractivity contribution in [3.63, 3.8) is 0 Å². The van der Waals surface area contributed by atoms with E-state index < -0.39 is 0 Å². The van der Waals surface area contributed by atoms with E-state index in [1.807, 2.05) is 13.0 Å². The van der Waals surface area contributed by atoms with E-state index in [0.29, 0.717) is 36.6 Å². The van der Waals surface area contributed by atoms with Gasteiger partial charge in [0, 0.05) is 13.1 Å². The molecule has 0 N–H and O–H groups in total. The molecule has 0 aromatic heterocycles. The number of benzene rings is 1. The Morgan fingerprint density at radius 1 is 1.37 bits per heavy atom. The summed E-state index contributed by atoms with van der Waals surface area (Å²) in [6, 6.07) is 7.13. The van der Waals surface area contributed by atoms with Crippen LogP contribution in [-0.2, 0) is 0 Å². The molecule has 0 radical (unpaired) electrons. The minimum Gasteiger partial charge on any atom is -0.497 e. The molecule has 0 bridgehead atoms. The quantitative estimate of drug-likeness (QED) is 0.787. The van der Waals surface area contributed by atoms with E-state index in [4.69, 9.17) is 14.7 Å². The Kier molecular flexibility index (Phi) is 5.68. The topological polar surface area (TPSA) is 62.6 Å². The molecule has 102 valence electrons. The number of nitriles is 1. The summed E-state index contributed by atoms with van der Waals surface area (Å²) in [5, 5.41) is 8.61. The summed E-state index contributed by atoms with van der Waals surface area (Å²) in [4.78, 5) is 14.0. The zero-order valence-electron chi connectivity index (χ0n) is 11.5. The molecule has 1 amide bonds. The molecule has 1 aromatic carbocycles. The lowest BCUT2D eigenvalue weighted by atomic mass is 10.1. The highest BCUT2D eigenvalue weighted by atomic mass is 16.5.